The minimum Gasteiger partial charge on any atom is -0.480 e. The van der Waals surface area contributed by atoms with Gasteiger partial charge in [-0.15, -0.1) is 0 Å². The van der Waals surface area contributed by atoms with Crippen molar-refractivity contribution in [3.8, 4) is 0 Å². The highest BCUT2D eigenvalue weighted by molar-refractivity contribution is 5.80. The maximum atomic E-state index is 11.9. The molecule has 0 aliphatic heterocycles. The molecule has 98 valence electrons. The summed E-state index contributed by atoms with van der Waals surface area (Å²) < 4.78 is 0. The fourth-order valence-electron chi connectivity index (χ4n) is 2.20. The molecule has 1 aliphatic rings. The fraction of sp³-hybridized carbons (Fsp3) is 0.833. The van der Waals surface area contributed by atoms with Crippen LogP contribution in [0.3, 0.4) is 0 Å². The van der Waals surface area contributed by atoms with Gasteiger partial charge in [-0.25, -0.2) is 4.79 Å². The van der Waals surface area contributed by atoms with Crippen LogP contribution in [0.25, 0.3) is 0 Å². The third-order valence-electron chi connectivity index (χ3n) is 3.04. The van der Waals surface area contributed by atoms with Crippen molar-refractivity contribution in [3.05, 3.63) is 0 Å². The Morgan fingerprint density at radius 3 is 2.47 bits per heavy atom. The number of hydrogen-bond donors (Lipinski definition) is 2. The van der Waals surface area contributed by atoms with E-state index in [-0.39, 0.29) is 18.6 Å². The zero-order chi connectivity index (χ0) is 12.7. The maximum absolute atomic E-state index is 11.9. The first-order valence-corrected chi connectivity index (χ1v) is 6.40. The minimum atomic E-state index is -0.961. The average Bonchev–Trinajstić information content (AvgIpc) is 2.29. The number of hydrogen-bond acceptors (Lipinski definition) is 2. The summed E-state index contributed by atoms with van der Waals surface area (Å²) in [6.45, 7) is 2.21. The van der Waals surface area contributed by atoms with Gasteiger partial charge in [0.15, 0.2) is 0 Å². The predicted molar refractivity (Wildman–Crippen MR) is 64.9 cm³/mol. The molecule has 1 fully saturated rings. The summed E-state index contributed by atoms with van der Waals surface area (Å²) in [5.41, 5.74) is 0. The Morgan fingerprint density at radius 2 is 1.94 bits per heavy atom. The van der Waals surface area contributed by atoms with Gasteiger partial charge in [0, 0.05) is 12.6 Å². The second-order valence-corrected chi connectivity index (χ2v) is 4.60. The Morgan fingerprint density at radius 1 is 1.29 bits per heavy atom. The summed E-state index contributed by atoms with van der Waals surface area (Å²) in [4.78, 5) is 23.9. The van der Waals surface area contributed by atoms with Gasteiger partial charge in [0.1, 0.15) is 6.54 Å². The Bertz CT molecular complexity index is 262. The first-order chi connectivity index (χ1) is 8.13. The summed E-state index contributed by atoms with van der Waals surface area (Å²) in [7, 11) is 0. The fourth-order valence-corrected chi connectivity index (χ4v) is 2.20. The Balaban J connectivity index is 2.42. The van der Waals surface area contributed by atoms with Crippen molar-refractivity contribution in [1.29, 1.82) is 0 Å². The van der Waals surface area contributed by atoms with E-state index in [9.17, 15) is 9.59 Å². The normalized spacial score (nSPS) is 16.5. The second kappa shape index (κ2) is 7.14. The Hall–Kier alpha value is -1.26. The van der Waals surface area contributed by atoms with Gasteiger partial charge in [0.25, 0.3) is 0 Å². The molecule has 2 amide bonds. The SMILES string of the molecule is CCCN(CC(=O)O)C(=O)NC1CCCCC1. The van der Waals surface area contributed by atoms with Gasteiger partial charge in [-0.05, 0) is 19.3 Å². The lowest BCUT2D eigenvalue weighted by molar-refractivity contribution is -0.137. The van der Waals surface area contributed by atoms with E-state index in [1.807, 2.05) is 6.92 Å². The van der Waals surface area contributed by atoms with Crippen molar-refractivity contribution in [2.45, 2.75) is 51.5 Å². The summed E-state index contributed by atoms with van der Waals surface area (Å²) in [5, 5.41) is 11.7. The van der Waals surface area contributed by atoms with Gasteiger partial charge in [-0.2, -0.15) is 0 Å². The van der Waals surface area contributed by atoms with E-state index >= 15 is 0 Å². The number of nitrogens with zero attached hydrogens (tertiary/aromatic N) is 1. The summed E-state index contributed by atoms with van der Waals surface area (Å²) in [6, 6.07) is -0.00875. The molecule has 5 heteroatoms. The molecule has 0 radical (unpaired) electrons. The molecule has 0 spiro atoms. The molecule has 1 aliphatic carbocycles. The first kappa shape index (κ1) is 13.8. The van der Waals surface area contributed by atoms with Crippen LogP contribution in [-0.2, 0) is 4.79 Å². The smallest absolute Gasteiger partial charge is 0.323 e. The molecule has 17 heavy (non-hydrogen) atoms. The number of rotatable bonds is 5. The minimum absolute atomic E-state index is 0.216. The van der Waals surface area contributed by atoms with E-state index < -0.39 is 5.97 Å². The van der Waals surface area contributed by atoms with Gasteiger partial charge in [0.2, 0.25) is 0 Å². The van der Waals surface area contributed by atoms with Crippen LogP contribution in [0.2, 0.25) is 0 Å². The predicted octanol–water partition coefficient (Wildman–Crippen LogP) is 1.83. The van der Waals surface area contributed by atoms with Crippen molar-refractivity contribution in [2.24, 2.45) is 0 Å². The van der Waals surface area contributed by atoms with Crippen LogP contribution >= 0.6 is 0 Å². The van der Waals surface area contributed by atoms with Crippen LogP contribution in [0.4, 0.5) is 4.79 Å². The number of nitrogens with one attached hydrogen (secondary N) is 1. The molecular weight excluding hydrogens is 220 g/mol. The zero-order valence-corrected chi connectivity index (χ0v) is 10.4. The van der Waals surface area contributed by atoms with Crippen LogP contribution in [0.1, 0.15) is 45.4 Å². The largest absolute Gasteiger partial charge is 0.480 e. The lowest BCUT2D eigenvalue weighted by Crippen LogP contribution is -2.47. The molecule has 0 heterocycles. The van der Waals surface area contributed by atoms with E-state index in [4.69, 9.17) is 5.11 Å². The van der Waals surface area contributed by atoms with Crippen molar-refractivity contribution in [1.82, 2.24) is 10.2 Å². The van der Waals surface area contributed by atoms with E-state index in [1.54, 1.807) is 0 Å². The van der Waals surface area contributed by atoms with Gasteiger partial charge in [-0.1, -0.05) is 26.2 Å². The first-order valence-electron chi connectivity index (χ1n) is 6.40. The van der Waals surface area contributed by atoms with Crippen LogP contribution < -0.4 is 5.32 Å². The number of amides is 2. The van der Waals surface area contributed by atoms with Crippen molar-refractivity contribution >= 4 is 12.0 Å². The highest BCUT2D eigenvalue weighted by Crippen LogP contribution is 2.17. The molecule has 0 saturated heterocycles. The molecule has 0 aromatic heterocycles. The molecule has 1 saturated carbocycles. The number of carboxylic acid groups (broad SMARTS) is 1. The molecule has 2 N–H and O–H groups in total. The topological polar surface area (TPSA) is 69.6 Å². The number of carbonyl (C=O) groups excluding carboxylic acids is 1. The molecule has 0 bridgehead atoms. The number of aliphatic carboxylic acids is 1. The van der Waals surface area contributed by atoms with Crippen LogP contribution in [0.5, 0.6) is 0 Å². The quantitative estimate of drug-likeness (QED) is 0.772. The van der Waals surface area contributed by atoms with E-state index in [1.165, 1.54) is 11.3 Å². The molecule has 5 nitrogen and oxygen atoms in total. The van der Waals surface area contributed by atoms with Gasteiger partial charge in [-0.3, -0.25) is 4.79 Å². The van der Waals surface area contributed by atoms with Crippen molar-refractivity contribution < 1.29 is 14.7 Å². The zero-order valence-electron chi connectivity index (χ0n) is 10.4. The third-order valence-corrected chi connectivity index (χ3v) is 3.04. The van der Waals surface area contributed by atoms with E-state index in [2.05, 4.69) is 5.32 Å². The number of urea groups is 1. The molecular formula is C12H22N2O3. The summed E-state index contributed by atoms with van der Waals surface area (Å²) in [6.07, 6.45) is 6.33. The Labute approximate surface area is 102 Å². The monoisotopic (exact) mass is 242 g/mol. The summed E-state index contributed by atoms with van der Waals surface area (Å²) in [5.74, 6) is -0.961. The lowest BCUT2D eigenvalue weighted by atomic mass is 9.96. The number of carboxylic acids is 1. The van der Waals surface area contributed by atoms with Crippen LogP contribution in [0.15, 0.2) is 0 Å². The standard InChI is InChI=1S/C12H22N2O3/c1-2-8-14(9-11(15)16)12(17)13-10-6-4-3-5-7-10/h10H,2-9H2,1H3,(H,13,17)(H,15,16). The highest BCUT2D eigenvalue weighted by Gasteiger charge is 2.20. The van der Waals surface area contributed by atoms with Gasteiger partial charge >= 0.3 is 12.0 Å². The van der Waals surface area contributed by atoms with Gasteiger partial charge in [0.05, 0.1) is 0 Å². The number of carbonyl (C=O) groups is 2. The van der Waals surface area contributed by atoms with Gasteiger partial charge < -0.3 is 15.3 Å². The lowest BCUT2D eigenvalue weighted by Gasteiger charge is -2.27. The average molecular weight is 242 g/mol. The Kier molecular flexibility index (Phi) is 5.80. The molecule has 1 rings (SSSR count). The molecule has 0 aromatic carbocycles. The third kappa shape index (κ3) is 5.06. The van der Waals surface area contributed by atoms with E-state index in [0.717, 1.165) is 32.1 Å². The maximum Gasteiger partial charge on any atom is 0.323 e. The molecule has 0 aromatic rings. The molecule has 0 atom stereocenters. The van der Waals surface area contributed by atoms with Crippen LogP contribution in [0, 0.1) is 0 Å². The second-order valence-electron chi connectivity index (χ2n) is 4.60. The van der Waals surface area contributed by atoms with Crippen LogP contribution in [-0.4, -0.2) is 41.1 Å². The molecule has 0 unspecified atom stereocenters. The van der Waals surface area contributed by atoms with Crippen molar-refractivity contribution in [2.75, 3.05) is 13.1 Å². The van der Waals surface area contributed by atoms with Crippen molar-refractivity contribution in [3.63, 3.8) is 0 Å². The summed E-state index contributed by atoms with van der Waals surface area (Å²) >= 11 is 0. The highest BCUT2D eigenvalue weighted by atomic mass is 16.4. The van der Waals surface area contributed by atoms with E-state index in [0.29, 0.717) is 6.54 Å².